The molecule has 0 heterocycles. The molecule has 0 heteroatoms. The van der Waals surface area contributed by atoms with E-state index in [4.69, 9.17) is 0 Å². The maximum atomic E-state index is 2.40. The van der Waals surface area contributed by atoms with Crippen molar-refractivity contribution in [3.05, 3.63) is 11.6 Å². The molecule has 1 unspecified atom stereocenters. The Morgan fingerprint density at radius 1 is 1.67 bits per heavy atom. The van der Waals surface area contributed by atoms with Crippen LogP contribution in [0.4, 0.5) is 0 Å². The average molecular weight is 124 g/mol. The van der Waals surface area contributed by atoms with Gasteiger partial charge in [-0.3, -0.25) is 0 Å². The lowest BCUT2D eigenvalue weighted by atomic mass is 9.83. The molecule has 0 nitrogen and oxygen atoms in total. The zero-order valence-electron chi connectivity index (χ0n) is 6.65. The second kappa shape index (κ2) is 2.55. The van der Waals surface area contributed by atoms with Gasteiger partial charge in [0, 0.05) is 0 Å². The molecule has 0 aliphatic heterocycles. The van der Waals surface area contributed by atoms with Gasteiger partial charge in [0.15, 0.2) is 0 Å². The Balaban J connectivity index is 2.24. The Kier molecular flexibility index (Phi) is 1.94. The van der Waals surface area contributed by atoms with Crippen LogP contribution in [0.25, 0.3) is 0 Å². The van der Waals surface area contributed by atoms with E-state index >= 15 is 0 Å². The number of hydrogen-bond donors (Lipinski definition) is 0. The maximum Gasteiger partial charge on any atom is -0.0222 e. The fraction of sp³-hybridized carbons (Fsp3) is 0.778. The van der Waals surface area contributed by atoms with E-state index in [-0.39, 0.29) is 0 Å². The van der Waals surface area contributed by atoms with Gasteiger partial charge in [-0.15, -0.1) is 0 Å². The molecule has 1 aliphatic carbocycles. The van der Waals surface area contributed by atoms with Crippen LogP contribution in [0.3, 0.4) is 0 Å². The maximum absolute atomic E-state index is 2.40. The minimum absolute atomic E-state index is 0.851. The monoisotopic (exact) mass is 124 g/mol. The molecule has 0 saturated carbocycles. The summed E-state index contributed by atoms with van der Waals surface area (Å²) in [4.78, 5) is 0. The van der Waals surface area contributed by atoms with Crippen molar-refractivity contribution in [2.24, 2.45) is 11.8 Å². The van der Waals surface area contributed by atoms with Gasteiger partial charge in [-0.25, -0.2) is 0 Å². The second-order valence-corrected chi connectivity index (χ2v) is 3.60. The van der Waals surface area contributed by atoms with E-state index < -0.39 is 0 Å². The van der Waals surface area contributed by atoms with Gasteiger partial charge in [0.05, 0.1) is 0 Å². The first-order valence-electron chi connectivity index (χ1n) is 3.88. The fourth-order valence-corrected chi connectivity index (χ4v) is 1.46. The largest absolute Gasteiger partial charge is 0.0821 e. The van der Waals surface area contributed by atoms with Crippen LogP contribution >= 0.6 is 0 Å². The van der Waals surface area contributed by atoms with Crippen molar-refractivity contribution in [3.63, 3.8) is 0 Å². The van der Waals surface area contributed by atoms with E-state index in [2.05, 4.69) is 26.8 Å². The first kappa shape index (κ1) is 6.85. The van der Waals surface area contributed by atoms with Gasteiger partial charge in [-0.05, 0) is 24.7 Å². The topological polar surface area (TPSA) is 0 Å². The van der Waals surface area contributed by atoms with Crippen molar-refractivity contribution in [1.29, 1.82) is 0 Å². The van der Waals surface area contributed by atoms with Gasteiger partial charge in [0.25, 0.3) is 0 Å². The van der Waals surface area contributed by atoms with Gasteiger partial charge in [0.2, 0.25) is 0 Å². The summed E-state index contributed by atoms with van der Waals surface area (Å²) in [6, 6.07) is 0. The van der Waals surface area contributed by atoms with Crippen LogP contribution in [0.15, 0.2) is 11.6 Å². The molecule has 0 spiro atoms. The average Bonchev–Trinajstić information content (AvgIpc) is 1.60. The number of hydrogen-bond acceptors (Lipinski definition) is 0. The molecule has 0 fully saturated rings. The summed E-state index contributed by atoms with van der Waals surface area (Å²) in [5, 5.41) is 0. The molecule has 52 valence electrons. The van der Waals surface area contributed by atoms with Gasteiger partial charge >= 0.3 is 0 Å². The van der Waals surface area contributed by atoms with Crippen molar-refractivity contribution in [1.82, 2.24) is 0 Å². The molecule has 9 heavy (non-hydrogen) atoms. The SMILES string of the molecule is CC(C)CC1=CC(C)C1. The van der Waals surface area contributed by atoms with Crippen LogP contribution < -0.4 is 0 Å². The standard InChI is InChI=1S/C9H16/c1-7(2)4-9-5-8(3)6-9/h5,7-8H,4,6H2,1-3H3. The molecule has 0 bridgehead atoms. The third-order valence-corrected chi connectivity index (χ3v) is 1.77. The molecular weight excluding hydrogens is 108 g/mol. The molecular formula is C9H16. The Labute approximate surface area is 58.0 Å². The summed E-state index contributed by atoms with van der Waals surface area (Å²) >= 11 is 0. The molecule has 0 saturated heterocycles. The second-order valence-electron chi connectivity index (χ2n) is 3.60. The number of rotatable bonds is 2. The summed E-state index contributed by atoms with van der Waals surface area (Å²) < 4.78 is 0. The van der Waals surface area contributed by atoms with Crippen LogP contribution in [0.1, 0.15) is 33.6 Å². The van der Waals surface area contributed by atoms with Gasteiger partial charge in [-0.1, -0.05) is 32.4 Å². The van der Waals surface area contributed by atoms with E-state index in [1.807, 2.05) is 0 Å². The minimum atomic E-state index is 0.851. The lowest BCUT2D eigenvalue weighted by Gasteiger charge is -2.22. The first-order chi connectivity index (χ1) is 4.18. The zero-order chi connectivity index (χ0) is 6.85. The Bertz CT molecular complexity index is 120. The Hall–Kier alpha value is -0.260. The molecule has 0 N–H and O–H groups in total. The quantitative estimate of drug-likeness (QED) is 0.496. The third-order valence-electron chi connectivity index (χ3n) is 1.77. The first-order valence-corrected chi connectivity index (χ1v) is 3.88. The van der Waals surface area contributed by atoms with Crippen LogP contribution in [-0.4, -0.2) is 0 Å². The summed E-state index contributed by atoms with van der Waals surface area (Å²) in [6.45, 7) is 6.84. The normalized spacial score (nSPS) is 25.8. The molecule has 0 aromatic rings. The molecule has 0 aromatic carbocycles. The highest BCUT2D eigenvalue weighted by atomic mass is 14.2. The van der Waals surface area contributed by atoms with E-state index in [0.29, 0.717) is 0 Å². The van der Waals surface area contributed by atoms with E-state index in [1.165, 1.54) is 12.8 Å². The molecule has 1 aliphatic rings. The Morgan fingerprint density at radius 2 is 2.22 bits per heavy atom. The lowest BCUT2D eigenvalue weighted by molar-refractivity contribution is 0.545. The van der Waals surface area contributed by atoms with Crippen molar-refractivity contribution in [2.75, 3.05) is 0 Å². The zero-order valence-corrected chi connectivity index (χ0v) is 6.65. The van der Waals surface area contributed by atoms with Gasteiger partial charge in [0.1, 0.15) is 0 Å². The van der Waals surface area contributed by atoms with E-state index in [0.717, 1.165) is 11.8 Å². The molecule has 1 atom stereocenters. The predicted molar refractivity (Wildman–Crippen MR) is 41.3 cm³/mol. The van der Waals surface area contributed by atoms with Crippen LogP contribution in [0.2, 0.25) is 0 Å². The summed E-state index contributed by atoms with van der Waals surface area (Å²) in [6.07, 6.45) is 5.09. The van der Waals surface area contributed by atoms with Gasteiger partial charge in [-0.2, -0.15) is 0 Å². The minimum Gasteiger partial charge on any atom is -0.0821 e. The Morgan fingerprint density at radius 3 is 2.56 bits per heavy atom. The third kappa shape index (κ3) is 1.85. The summed E-state index contributed by atoms with van der Waals surface area (Å²) in [5.74, 6) is 1.72. The molecule has 0 aromatic heterocycles. The van der Waals surface area contributed by atoms with Crippen LogP contribution in [0.5, 0.6) is 0 Å². The molecule has 0 radical (unpaired) electrons. The van der Waals surface area contributed by atoms with Crippen molar-refractivity contribution in [3.8, 4) is 0 Å². The summed E-state index contributed by atoms with van der Waals surface area (Å²) in [7, 11) is 0. The molecule has 1 rings (SSSR count). The van der Waals surface area contributed by atoms with Crippen molar-refractivity contribution in [2.45, 2.75) is 33.6 Å². The van der Waals surface area contributed by atoms with E-state index in [1.54, 1.807) is 5.57 Å². The number of allylic oxidation sites excluding steroid dienone is 2. The van der Waals surface area contributed by atoms with Crippen LogP contribution in [-0.2, 0) is 0 Å². The van der Waals surface area contributed by atoms with Crippen LogP contribution in [0, 0.1) is 11.8 Å². The summed E-state index contributed by atoms with van der Waals surface area (Å²) in [5.41, 5.74) is 1.68. The van der Waals surface area contributed by atoms with Crippen molar-refractivity contribution >= 4 is 0 Å². The smallest absolute Gasteiger partial charge is 0.0222 e. The molecule has 0 amide bonds. The van der Waals surface area contributed by atoms with E-state index in [9.17, 15) is 0 Å². The highest BCUT2D eigenvalue weighted by Crippen LogP contribution is 2.29. The highest BCUT2D eigenvalue weighted by Gasteiger charge is 2.14. The highest BCUT2D eigenvalue weighted by molar-refractivity contribution is 5.15. The fourth-order valence-electron chi connectivity index (χ4n) is 1.46. The predicted octanol–water partition coefficient (Wildman–Crippen LogP) is 3.00. The lowest BCUT2D eigenvalue weighted by Crippen LogP contribution is -2.07. The van der Waals surface area contributed by atoms with Gasteiger partial charge < -0.3 is 0 Å². The van der Waals surface area contributed by atoms with Crippen molar-refractivity contribution < 1.29 is 0 Å².